The smallest absolute Gasteiger partial charge is 0.459 e. The van der Waals surface area contributed by atoms with E-state index in [1.165, 1.54) is 19.1 Å². The van der Waals surface area contributed by atoms with Crippen LogP contribution in [0.5, 0.6) is 5.75 Å². The molecule has 0 amide bonds. The summed E-state index contributed by atoms with van der Waals surface area (Å²) in [5, 5.41) is 21.7. The van der Waals surface area contributed by atoms with Crippen molar-refractivity contribution in [1.82, 2.24) is 14.6 Å². The molecule has 2 aromatic rings. The van der Waals surface area contributed by atoms with Crippen LogP contribution in [0.3, 0.4) is 0 Å². The summed E-state index contributed by atoms with van der Waals surface area (Å²) < 4.78 is 43.7. The first-order valence-corrected chi connectivity index (χ1v) is 11.0. The monoisotopic (exact) mass is 473 g/mol. The van der Waals surface area contributed by atoms with Gasteiger partial charge in [0.15, 0.2) is 0 Å². The molecule has 4 N–H and O–H groups in total. The molecule has 32 heavy (non-hydrogen) atoms. The second-order valence-electron chi connectivity index (χ2n) is 6.96. The molecule has 2 heterocycles. The number of hydrogen-bond donors (Lipinski definition) is 4. The summed E-state index contributed by atoms with van der Waals surface area (Å²) in [6, 6.07) is 6.57. The zero-order valence-corrected chi connectivity index (χ0v) is 17.6. The van der Waals surface area contributed by atoms with Gasteiger partial charge < -0.3 is 19.5 Å². The lowest BCUT2D eigenvalue weighted by molar-refractivity contribution is -0.138. The number of rotatable bonds is 9. The van der Waals surface area contributed by atoms with E-state index in [-0.39, 0.29) is 12.2 Å². The van der Waals surface area contributed by atoms with Gasteiger partial charge in [-0.3, -0.25) is 23.7 Å². The van der Waals surface area contributed by atoms with Gasteiger partial charge in [-0.1, -0.05) is 18.2 Å². The predicted octanol–water partition coefficient (Wildman–Crippen LogP) is 0.590. The standard InChI is InChI=1S/C18H21FN3O9P/c1-10(17(25)26)21-32(28,31-11-5-3-2-4-6-11)29-9-14-13(23)7-15(30-14)22-8-12(19)16(24)20-18(22)27/h2-6,8,10,13-15,23H,7,9H2,1H3,(H,21,28)(H,25,26)(H,20,24,27)/t10-,13?,14?,15?,32-/m0/s1. The molecule has 1 fully saturated rings. The number of aliphatic carboxylic acids is 1. The molecule has 1 aliphatic rings. The van der Waals surface area contributed by atoms with Crippen molar-refractivity contribution in [1.29, 1.82) is 0 Å². The SMILES string of the molecule is C[C@H](N[P@](=O)(OCC1OC(n2cc(F)c(=O)[nH]c2=O)CC1O)Oc1ccccc1)C(=O)O. The minimum absolute atomic E-state index is 0.141. The Hall–Kier alpha value is -2.83. The van der Waals surface area contributed by atoms with Crippen molar-refractivity contribution in [3.63, 3.8) is 0 Å². The number of H-pyrrole nitrogens is 1. The van der Waals surface area contributed by atoms with E-state index in [9.17, 15) is 28.4 Å². The van der Waals surface area contributed by atoms with Crippen LogP contribution in [0.1, 0.15) is 19.6 Å². The maximum atomic E-state index is 13.5. The molecular weight excluding hydrogens is 452 g/mol. The quantitative estimate of drug-likeness (QED) is 0.378. The summed E-state index contributed by atoms with van der Waals surface area (Å²) in [4.78, 5) is 36.1. The Balaban J connectivity index is 1.73. The molecule has 3 unspecified atom stereocenters. The Bertz CT molecular complexity index is 1120. The van der Waals surface area contributed by atoms with Gasteiger partial charge in [0.2, 0.25) is 5.82 Å². The van der Waals surface area contributed by atoms with Crippen LogP contribution in [-0.2, 0) is 18.6 Å². The van der Waals surface area contributed by atoms with Crippen LogP contribution in [0.25, 0.3) is 0 Å². The summed E-state index contributed by atoms with van der Waals surface area (Å²) in [5.74, 6) is -2.38. The number of aromatic nitrogens is 2. The van der Waals surface area contributed by atoms with Crippen LogP contribution >= 0.6 is 7.75 Å². The number of nitrogens with zero attached hydrogens (tertiary/aromatic N) is 1. The molecule has 0 bridgehead atoms. The molecule has 5 atom stereocenters. The van der Waals surface area contributed by atoms with Crippen LogP contribution in [0.15, 0.2) is 46.1 Å². The van der Waals surface area contributed by atoms with Gasteiger partial charge in [-0.25, -0.2) is 9.36 Å². The summed E-state index contributed by atoms with van der Waals surface area (Å²) in [6.07, 6.45) is -2.94. The summed E-state index contributed by atoms with van der Waals surface area (Å²) in [7, 11) is -4.24. The largest absolute Gasteiger partial charge is 0.480 e. The van der Waals surface area contributed by atoms with Crippen LogP contribution in [0.4, 0.5) is 4.39 Å². The Morgan fingerprint density at radius 3 is 2.75 bits per heavy atom. The average molecular weight is 473 g/mol. The Morgan fingerprint density at radius 1 is 1.41 bits per heavy atom. The fourth-order valence-corrected chi connectivity index (χ4v) is 4.39. The third-order valence-corrected chi connectivity index (χ3v) is 6.18. The van der Waals surface area contributed by atoms with Gasteiger partial charge in [-0.05, 0) is 19.1 Å². The van der Waals surface area contributed by atoms with Crippen molar-refractivity contribution in [2.75, 3.05) is 6.61 Å². The van der Waals surface area contributed by atoms with E-state index in [2.05, 4.69) is 5.09 Å². The van der Waals surface area contributed by atoms with Crippen LogP contribution in [-0.4, -0.2) is 50.6 Å². The van der Waals surface area contributed by atoms with Gasteiger partial charge in [0, 0.05) is 6.42 Å². The number of hydrogen-bond acceptors (Lipinski definition) is 8. The molecule has 1 aromatic carbocycles. The maximum Gasteiger partial charge on any atom is 0.459 e. The average Bonchev–Trinajstić information content (AvgIpc) is 3.10. The highest BCUT2D eigenvalue weighted by molar-refractivity contribution is 7.52. The third-order valence-electron chi connectivity index (χ3n) is 4.54. The van der Waals surface area contributed by atoms with Crippen molar-refractivity contribution >= 4 is 13.7 Å². The number of benzene rings is 1. The van der Waals surface area contributed by atoms with E-state index in [1.54, 1.807) is 23.2 Å². The van der Waals surface area contributed by atoms with Gasteiger partial charge in [0.1, 0.15) is 24.1 Å². The summed E-state index contributed by atoms with van der Waals surface area (Å²) in [6.45, 7) is 0.725. The lowest BCUT2D eigenvalue weighted by Gasteiger charge is -2.24. The molecule has 0 spiro atoms. The predicted molar refractivity (Wildman–Crippen MR) is 107 cm³/mol. The highest BCUT2D eigenvalue weighted by Gasteiger charge is 2.39. The first-order chi connectivity index (χ1) is 15.1. The second kappa shape index (κ2) is 9.76. The van der Waals surface area contributed by atoms with Gasteiger partial charge in [-0.15, -0.1) is 0 Å². The number of aromatic amines is 1. The lowest BCUT2D eigenvalue weighted by atomic mass is 10.2. The first kappa shape index (κ1) is 23.8. The Labute approximate surface area is 180 Å². The van der Waals surface area contributed by atoms with Crippen molar-refractivity contribution in [2.24, 2.45) is 0 Å². The molecule has 12 nitrogen and oxygen atoms in total. The number of halogens is 1. The molecule has 3 rings (SSSR count). The topological polar surface area (TPSA) is 169 Å². The Kier molecular flexibility index (Phi) is 7.26. The van der Waals surface area contributed by atoms with Crippen molar-refractivity contribution < 1.29 is 37.7 Å². The third kappa shape index (κ3) is 5.69. The van der Waals surface area contributed by atoms with E-state index in [4.69, 9.17) is 18.9 Å². The van der Waals surface area contributed by atoms with Crippen LogP contribution < -0.4 is 20.9 Å². The number of aliphatic hydroxyl groups excluding tert-OH is 1. The minimum atomic E-state index is -4.24. The summed E-state index contributed by atoms with van der Waals surface area (Å²) in [5.41, 5.74) is -2.13. The van der Waals surface area contributed by atoms with Crippen LogP contribution in [0, 0.1) is 5.82 Å². The molecule has 1 aliphatic heterocycles. The molecule has 0 saturated carbocycles. The fraction of sp³-hybridized carbons (Fsp3) is 0.389. The first-order valence-electron chi connectivity index (χ1n) is 9.42. The number of nitrogens with one attached hydrogen (secondary N) is 2. The van der Waals surface area contributed by atoms with E-state index in [1.807, 2.05) is 0 Å². The molecule has 1 saturated heterocycles. The van der Waals surface area contributed by atoms with Crippen molar-refractivity contribution in [3.05, 3.63) is 63.2 Å². The number of carboxylic acids is 1. The van der Waals surface area contributed by atoms with Gasteiger partial charge in [0.25, 0.3) is 5.56 Å². The molecular formula is C18H21FN3O9P. The molecule has 0 radical (unpaired) electrons. The van der Waals surface area contributed by atoms with Gasteiger partial charge in [-0.2, -0.15) is 9.48 Å². The normalized spacial score (nSPS) is 23.4. The van der Waals surface area contributed by atoms with E-state index in [0.717, 1.165) is 4.57 Å². The molecule has 0 aliphatic carbocycles. The van der Waals surface area contributed by atoms with Crippen LogP contribution in [0.2, 0.25) is 0 Å². The lowest BCUT2D eigenvalue weighted by Crippen LogP contribution is -2.35. The molecule has 174 valence electrons. The van der Waals surface area contributed by atoms with Gasteiger partial charge in [0.05, 0.1) is 18.9 Å². The second-order valence-corrected chi connectivity index (χ2v) is 8.66. The molecule has 14 heteroatoms. The summed E-state index contributed by atoms with van der Waals surface area (Å²) >= 11 is 0. The number of aliphatic hydroxyl groups is 1. The highest BCUT2D eigenvalue weighted by Crippen LogP contribution is 2.45. The van der Waals surface area contributed by atoms with Crippen molar-refractivity contribution in [3.8, 4) is 5.75 Å². The minimum Gasteiger partial charge on any atom is -0.480 e. The van der Waals surface area contributed by atoms with Crippen molar-refractivity contribution in [2.45, 2.75) is 37.8 Å². The number of carbonyl (C=O) groups is 1. The number of ether oxygens (including phenoxy) is 1. The number of para-hydroxylation sites is 1. The fourth-order valence-electron chi connectivity index (χ4n) is 2.88. The highest BCUT2D eigenvalue weighted by atomic mass is 31.2. The number of carboxylic acid groups (broad SMARTS) is 1. The van der Waals surface area contributed by atoms with E-state index < -0.39 is 61.9 Å². The molecule has 1 aromatic heterocycles. The Morgan fingerprint density at radius 2 is 2.09 bits per heavy atom. The van der Waals surface area contributed by atoms with E-state index in [0.29, 0.717) is 6.20 Å². The maximum absolute atomic E-state index is 13.5. The zero-order valence-electron chi connectivity index (χ0n) is 16.7. The zero-order chi connectivity index (χ0) is 23.5. The van der Waals surface area contributed by atoms with Gasteiger partial charge >= 0.3 is 19.4 Å². The van der Waals surface area contributed by atoms with E-state index >= 15 is 0 Å².